The van der Waals surface area contributed by atoms with Crippen molar-refractivity contribution < 1.29 is 9.53 Å². The monoisotopic (exact) mass is 233 g/mol. The Morgan fingerprint density at radius 2 is 2.24 bits per heavy atom. The van der Waals surface area contributed by atoms with Crippen LogP contribution in [0.2, 0.25) is 0 Å². The minimum absolute atomic E-state index is 0.160. The maximum absolute atomic E-state index is 12.1. The standard InChI is InChI=1S/C14H19NO2/c1-4-11-6-5-7-12-10(2)8-13(16)15(9-17-3)14(11)12/h5-7,10H,4,8-9H2,1-3H3. The molecule has 17 heavy (non-hydrogen) atoms. The van der Waals surface area contributed by atoms with Crippen molar-refractivity contribution in [1.29, 1.82) is 0 Å². The summed E-state index contributed by atoms with van der Waals surface area (Å²) in [6.07, 6.45) is 1.51. The SMILES string of the molecule is CCc1cccc2c1N(COC)C(=O)CC2C. The number of benzene rings is 1. The van der Waals surface area contributed by atoms with Crippen LogP contribution < -0.4 is 4.90 Å². The van der Waals surface area contributed by atoms with E-state index in [4.69, 9.17) is 4.74 Å². The molecule has 1 aliphatic rings. The van der Waals surface area contributed by atoms with Gasteiger partial charge in [-0.15, -0.1) is 0 Å². The molecule has 0 N–H and O–H groups in total. The summed E-state index contributed by atoms with van der Waals surface area (Å²) in [5.74, 6) is 0.463. The fourth-order valence-corrected chi connectivity index (χ4v) is 2.50. The van der Waals surface area contributed by atoms with E-state index in [0.717, 1.165) is 12.1 Å². The Bertz CT molecular complexity index is 428. The van der Waals surface area contributed by atoms with Crippen LogP contribution >= 0.6 is 0 Å². The molecule has 1 aliphatic heterocycles. The number of carbonyl (C=O) groups is 1. The Kier molecular flexibility index (Phi) is 3.48. The largest absolute Gasteiger partial charge is 0.364 e. The van der Waals surface area contributed by atoms with Crippen molar-refractivity contribution in [1.82, 2.24) is 0 Å². The van der Waals surface area contributed by atoms with Gasteiger partial charge in [-0.1, -0.05) is 32.0 Å². The third-order valence-corrected chi connectivity index (χ3v) is 3.37. The van der Waals surface area contributed by atoms with Crippen LogP contribution in [0.3, 0.4) is 0 Å². The van der Waals surface area contributed by atoms with Crippen molar-refractivity contribution in [2.75, 3.05) is 18.7 Å². The molecule has 1 amide bonds. The number of hydrogen-bond acceptors (Lipinski definition) is 2. The first-order chi connectivity index (χ1) is 8.19. The lowest BCUT2D eigenvalue weighted by atomic mass is 9.88. The Labute approximate surface area is 102 Å². The Morgan fingerprint density at radius 1 is 1.47 bits per heavy atom. The van der Waals surface area contributed by atoms with E-state index < -0.39 is 0 Å². The quantitative estimate of drug-likeness (QED) is 0.803. The topological polar surface area (TPSA) is 29.5 Å². The van der Waals surface area contributed by atoms with Crippen molar-refractivity contribution in [3.63, 3.8) is 0 Å². The maximum atomic E-state index is 12.1. The zero-order valence-corrected chi connectivity index (χ0v) is 10.7. The number of anilines is 1. The number of hydrogen-bond donors (Lipinski definition) is 0. The van der Waals surface area contributed by atoms with Gasteiger partial charge in [0.1, 0.15) is 6.73 Å². The number of methoxy groups -OCH3 is 1. The summed E-state index contributed by atoms with van der Waals surface area (Å²) >= 11 is 0. The summed E-state index contributed by atoms with van der Waals surface area (Å²) in [6.45, 7) is 4.57. The molecule has 92 valence electrons. The highest BCUT2D eigenvalue weighted by molar-refractivity contribution is 5.97. The molecular weight excluding hydrogens is 214 g/mol. The van der Waals surface area contributed by atoms with Crippen molar-refractivity contribution >= 4 is 11.6 Å². The first kappa shape index (κ1) is 12.1. The molecule has 1 aromatic rings. The van der Waals surface area contributed by atoms with Gasteiger partial charge in [0.05, 0.1) is 5.69 Å². The summed E-state index contributed by atoms with van der Waals surface area (Å²) in [4.78, 5) is 13.8. The molecule has 3 heteroatoms. The molecule has 0 fully saturated rings. The summed E-state index contributed by atoms with van der Waals surface area (Å²) in [7, 11) is 1.62. The number of amides is 1. The maximum Gasteiger partial charge on any atom is 0.229 e. The van der Waals surface area contributed by atoms with Crippen LogP contribution in [-0.2, 0) is 16.0 Å². The number of ether oxygens (including phenoxy) is 1. The summed E-state index contributed by atoms with van der Waals surface area (Å²) in [5.41, 5.74) is 3.56. The number of para-hydroxylation sites is 1. The molecule has 0 spiro atoms. The second kappa shape index (κ2) is 4.88. The van der Waals surface area contributed by atoms with Gasteiger partial charge in [0.15, 0.2) is 0 Å². The molecule has 0 aliphatic carbocycles. The van der Waals surface area contributed by atoms with Crippen LogP contribution in [0.25, 0.3) is 0 Å². The highest BCUT2D eigenvalue weighted by atomic mass is 16.5. The van der Waals surface area contributed by atoms with Crippen LogP contribution in [0.4, 0.5) is 5.69 Å². The van der Waals surface area contributed by atoms with E-state index in [9.17, 15) is 4.79 Å². The molecule has 0 aromatic heterocycles. The van der Waals surface area contributed by atoms with Crippen molar-refractivity contribution in [2.45, 2.75) is 32.6 Å². The highest BCUT2D eigenvalue weighted by Gasteiger charge is 2.30. The van der Waals surface area contributed by atoms with Gasteiger partial charge in [0.25, 0.3) is 0 Å². The van der Waals surface area contributed by atoms with Crippen LogP contribution in [0, 0.1) is 0 Å². The predicted molar refractivity (Wildman–Crippen MR) is 68.2 cm³/mol. The molecule has 3 nitrogen and oxygen atoms in total. The lowest BCUT2D eigenvalue weighted by Crippen LogP contribution is -2.38. The van der Waals surface area contributed by atoms with Gasteiger partial charge in [0.2, 0.25) is 5.91 Å². The number of fused-ring (bicyclic) bond motifs is 1. The van der Waals surface area contributed by atoms with Crippen molar-refractivity contribution in [3.8, 4) is 0 Å². The first-order valence-electron chi connectivity index (χ1n) is 6.10. The second-order valence-electron chi connectivity index (χ2n) is 4.55. The molecule has 0 saturated heterocycles. The lowest BCUT2D eigenvalue weighted by Gasteiger charge is -2.33. The zero-order chi connectivity index (χ0) is 12.4. The third kappa shape index (κ3) is 2.07. The van der Waals surface area contributed by atoms with E-state index in [0.29, 0.717) is 19.1 Å². The summed E-state index contributed by atoms with van der Waals surface area (Å²) < 4.78 is 5.15. The predicted octanol–water partition coefficient (Wildman–Crippen LogP) is 2.69. The molecule has 2 rings (SSSR count). The van der Waals surface area contributed by atoms with Gasteiger partial charge in [-0.2, -0.15) is 0 Å². The number of nitrogens with zero attached hydrogens (tertiary/aromatic N) is 1. The van der Waals surface area contributed by atoms with Gasteiger partial charge in [-0.25, -0.2) is 0 Å². The lowest BCUT2D eigenvalue weighted by molar-refractivity contribution is -0.120. The minimum atomic E-state index is 0.160. The Balaban J connectivity index is 2.53. The molecule has 1 atom stereocenters. The molecular formula is C14H19NO2. The van der Waals surface area contributed by atoms with Gasteiger partial charge in [-0.3, -0.25) is 9.69 Å². The van der Waals surface area contributed by atoms with E-state index in [1.807, 2.05) is 0 Å². The molecule has 0 radical (unpaired) electrons. The normalized spacial score (nSPS) is 19.4. The summed E-state index contributed by atoms with van der Waals surface area (Å²) in [6, 6.07) is 6.29. The first-order valence-corrected chi connectivity index (χ1v) is 6.10. The van der Waals surface area contributed by atoms with Crippen LogP contribution in [0.15, 0.2) is 18.2 Å². The smallest absolute Gasteiger partial charge is 0.229 e. The van der Waals surface area contributed by atoms with Crippen LogP contribution in [-0.4, -0.2) is 19.7 Å². The second-order valence-corrected chi connectivity index (χ2v) is 4.55. The Hall–Kier alpha value is -1.35. The molecule has 1 unspecified atom stereocenters. The van der Waals surface area contributed by atoms with E-state index in [2.05, 4.69) is 32.0 Å². The average Bonchev–Trinajstić information content (AvgIpc) is 2.33. The fourth-order valence-electron chi connectivity index (χ4n) is 2.50. The van der Waals surface area contributed by atoms with Crippen LogP contribution in [0.5, 0.6) is 0 Å². The number of carbonyl (C=O) groups excluding carboxylic acids is 1. The van der Waals surface area contributed by atoms with Crippen molar-refractivity contribution in [3.05, 3.63) is 29.3 Å². The van der Waals surface area contributed by atoms with E-state index in [-0.39, 0.29) is 5.91 Å². The van der Waals surface area contributed by atoms with Crippen LogP contribution in [0.1, 0.15) is 37.3 Å². The number of aryl methyl sites for hydroxylation is 1. The van der Waals surface area contributed by atoms with E-state index in [1.165, 1.54) is 11.1 Å². The van der Waals surface area contributed by atoms with Crippen molar-refractivity contribution in [2.24, 2.45) is 0 Å². The average molecular weight is 233 g/mol. The molecule has 1 aromatic carbocycles. The van der Waals surface area contributed by atoms with E-state index in [1.54, 1.807) is 12.0 Å². The third-order valence-electron chi connectivity index (χ3n) is 3.37. The number of rotatable bonds is 3. The molecule has 0 saturated carbocycles. The molecule has 0 bridgehead atoms. The van der Waals surface area contributed by atoms with Gasteiger partial charge < -0.3 is 4.74 Å². The zero-order valence-electron chi connectivity index (χ0n) is 10.7. The van der Waals surface area contributed by atoms with Gasteiger partial charge in [-0.05, 0) is 23.5 Å². The van der Waals surface area contributed by atoms with Gasteiger partial charge >= 0.3 is 0 Å². The Morgan fingerprint density at radius 3 is 2.88 bits per heavy atom. The van der Waals surface area contributed by atoms with Gasteiger partial charge in [0, 0.05) is 13.5 Å². The molecule has 1 heterocycles. The summed E-state index contributed by atoms with van der Waals surface area (Å²) in [5, 5.41) is 0. The highest BCUT2D eigenvalue weighted by Crippen LogP contribution is 2.38. The minimum Gasteiger partial charge on any atom is -0.364 e. The van der Waals surface area contributed by atoms with E-state index >= 15 is 0 Å². The fraction of sp³-hybridized carbons (Fsp3) is 0.500.